The van der Waals surface area contributed by atoms with Crippen LogP contribution in [0, 0.1) is 0 Å². The Morgan fingerprint density at radius 1 is 1.23 bits per heavy atom. The molecule has 7 heteroatoms. The van der Waals surface area contributed by atoms with Crippen molar-refractivity contribution in [3.63, 3.8) is 0 Å². The van der Waals surface area contributed by atoms with Gasteiger partial charge in [0.15, 0.2) is 0 Å². The van der Waals surface area contributed by atoms with Crippen molar-refractivity contribution >= 4 is 11.6 Å². The second kappa shape index (κ2) is 7.76. The number of piperazine rings is 1. The van der Waals surface area contributed by atoms with Crippen LogP contribution in [0.25, 0.3) is 0 Å². The monoisotopic (exact) mass is 357 g/mol. The molecule has 0 unspecified atom stereocenters. The number of aryl methyl sites for hydroxylation is 1. The van der Waals surface area contributed by atoms with E-state index in [0.717, 1.165) is 44.0 Å². The van der Waals surface area contributed by atoms with Gasteiger partial charge in [0.2, 0.25) is 5.91 Å². The smallest absolute Gasteiger partial charge is 0.222 e. The van der Waals surface area contributed by atoms with Crippen LogP contribution in [0.1, 0.15) is 26.7 Å². The van der Waals surface area contributed by atoms with Crippen LogP contribution in [-0.4, -0.2) is 57.9 Å². The van der Waals surface area contributed by atoms with E-state index in [1.54, 1.807) is 18.1 Å². The highest BCUT2D eigenvalue weighted by Crippen LogP contribution is 2.29. The van der Waals surface area contributed by atoms with Crippen molar-refractivity contribution in [2.45, 2.75) is 38.8 Å². The molecule has 1 aromatic heterocycles. The maximum Gasteiger partial charge on any atom is 0.222 e. The first kappa shape index (κ1) is 18.2. The van der Waals surface area contributed by atoms with Crippen molar-refractivity contribution in [3.05, 3.63) is 36.9 Å². The Labute approximate surface area is 154 Å². The Morgan fingerprint density at radius 2 is 2.00 bits per heavy atom. The average Bonchev–Trinajstić information content (AvgIpc) is 3.14. The Balaban J connectivity index is 1.55. The number of methoxy groups -OCH3 is 1. The van der Waals surface area contributed by atoms with Gasteiger partial charge in [-0.15, -0.1) is 0 Å². The van der Waals surface area contributed by atoms with E-state index < -0.39 is 0 Å². The van der Waals surface area contributed by atoms with Gasteiger partial charge in [0.1, 0.15) is 18.4 Å². The number of amides is 1. The summed E-state index contributed by atoms with van der Waals surface area (Å²) < 4.78 is 7.00. The van der Waals surface area contributed by atoms with Crippen molar-refractivity contribution in [1.29, 1.82) is 0 Å². The maximum absolute atomic E-state index is 12.6. The summed E-state index contributed by atoms with van der Waals surface area (Å²) >= 11 is 0. The van der Waals surface area contributed by atoms with Crippen LogP contribution in [0.2, 0.25) is 0 Å². The van der Waals surface area contributed by atoms with E-state index in [9.17, 15) is 4.79 Å². The van der Waals surface area contributed by atoms with Gasteiger partial charge in [0, 0.05) is 38.3 Å². The molecule has 0 aliphatic carbocycles. The third-order valence-electron chi connectivity index (χ3n) is 4.88. The van der Waals surface area contributed by atoms with Crippen LogP contribution in [0.15, 0.2) is 36.9 Å². The SMILES string of the molecule is COc1ccc(N2CCN(C(=O)CCCn3cncn3)CC2(C)C)cc1. The van der Waals surface area contributed by atoms with Crippen LogP contribution in [0.4, 0.5) is 5.69 Å². The second-order valence-electron chi connectivity index (χ2n) is 7.24. The molecule has 3 rings (SSSR count). The Kier molecular flexibility index (Phi) is 5.44. The first-order valence-electron chi connectivity index (χ1n) is 9.01. The number of rotatable bonds is 6. The van der Waals surface area contributed by atoms with E-state index in [2.05, 4.69) is 41.0 Å². The summed E-state index contributed by atoms with van der Waals surface area (Å²) in [5, 5.41) is 4.07. The summed E-state index contributed by atoms with van der Waals surface area (Å²) in [5.41, 5.74) is 1.04. The lowest BCUT2D eigenvalue weighted by molar-refractivity contribution is -0.132. The summed E-state index contributed by atoms with van der Waals surface area (Å²) in [5.74, 6) is 1.07. The molecule has 0 N–H and O–H groups in total. The molecule has 2 heterocycles. The van der Waals surface area contributed by atoms with E-state index in [1.165, 1.54) is 6.33 Å². The fraction of sp³-hybridized carbons (Fsp3) is 0.526. The van der Waals surface area contributed by atoms with Gasteiger partial charge in [-0.1, -0.05) is 0 Å². The molecule has 2 aromatic rings. The molecule has 1 amide bonds. The summed E-state index contributed by atoms with van der Waals surface area (Å²) in [4.78, 5) is 20.9. The van der Waals surface area contributed by atoms with Gasteiger partial charge in [-0.25, -0.2) is 4.98 Å². The Morgan fingerprint density at radius 3 is 2.62 bits per heavy atom. The average molecular weight is 357 g/mol. The molecule has 1 aliphatic heterocycles. The van der Waals surface area contributed by atoms with Gasteiger partial charge in [0.05, 0.1) is 12.6 Å². The fourth-order valence-electron chi connectivity index (χ4n) is 3.51. The summed E-state index contributed by atoms with van der Waals surface area (Å²) in [6.07, 6.45) is 4.52. The molecular weight excluding hydrogens is 330 g/mol. The van der Waals surface area contributed by atoms with Gasteiger partial charge in [-0.05, 0) is 44.5 Å². The van der Waals surface area contributed by atoms with Crippen molar-refractivity contribution in [1.82, 2.24) is 19.7 Å². The predicted molar refractivity (Wildman–Crippen MR) is 100 cm³/mol. The van der Waals surface area contributed by atoms with E-state index in [4.69, 9.17) is 4.74 Å². The zero-order chi connectivity index (χ0) is 18.6. The van der Waals surface area contributed by atoms with Crippen molar-refractivity contribution in [2.75, 3.05) is 31.6 Å². The quantitative estimate of drug-likeness (QED) is 0.793. The molecule has 0 bridgehead atoms. The van der Waals surface area contributed by atoms with Gasteiger partial charge in [0.25, 0.3) is 0 Å². The number of aromatic nitrogens is 3. The number of anilines is 1. The van der Waals surface area contributed by atoms with Crippen LogP contribution in [-0.2, 0) is 11.3 Å². The maximum atomic E-state index is 12.6. The number of benzene rings is 1. The van der Waals surface area contributed by atoms with Crippen LogP contribution in [0.5, 0.6) is 5.75 Å². The predicted octanol–water partition coefficient (Wildman–Crippen LogP) is 2.19. The van der Waals surface area contributed by atoms with E-state index in [1.807, 2.05) is 17.0 Å². The molecular formula is C19H27N5O2. The molecule has 26 heavy (non-hydrogen) atoms. The normalized spacial score (nSPS) is 16.6. The largest absolute Gasteiger partial charge is 0.497 e. The zero-order valence-electron chi connectivity index (χ0n) is 15.8. The highest BCUT2D eigenvalue weighted by atomic mass is 16.5. The standard InChI is InChI=1S/C19H27N5O2/c1-19(2)13-22(18(25)5-4-10-23-15-20-14-21-23)11-12-24(19)16-6-8-17(26-3)9-7-16/h6-9,14-15H,4-5,10-13H2,1-3H3. The molecule has 0 radical (unpaired) electrons. The molecule has 0 atom stereocenters. The van der Waals surface area contributed by atoms with E-state index in [0.29, 0.717) is 6.42 Å². The highest BCUT2D eigenvalue weighted by molar-refractivity contribution is 5.76. The number of carbonyl (C=O) groups is 1. The van der Waals surface area contributed by atoms with Crippen LogP contribution >= 0.6 is 0 Å². The fourth-order valence-corrected chi connectivity index (χ4v) is 3.51. The Hall–Kier alpha value is -2.57. The summed E-state index contributed by atoms with van der Waals surface area (Å²) in [6, 6.07) is 8.12. The lowest BCUT2D eigenvalue weighted by Crippen LogP contribution is -2.60. The number of nitrogens with zero attached hydrogens (tertiary/aromatic N) is 5. The lowest BCUT2D eigenvalue weighted by atomic mass is 9.97. The van der Waals surface area contributed by atoms with Gasteiger partial charge in [-0.3, -0.25) is 9.48 Å². The summed E-state index contributed by atoms with van der Waals surface area (Å²) in [6.45, 7) is 7.39. The lowest BCUT2D eigenvalue weighted by Gasteiger charge is -2.48. The molecule has 1 saturated heterocycles. The summed E-state index contributed by atoms with van der Waals surface area (Å²) in [7, 11) is 1.67. The number of hydrogen-bond acceptors (Lipinski definition) is 5. The van der Waals surface area contributed by atoms with E-state index >= 15 is 0 Å². The van der Waals surface area contributed by atoms with Crippen molar-refractivity contribution < 1.29 is 9.53 Å². The molecule has 7 nitrogen and oxygen atoms in total. The third-order valence-corrected chi connectivity index (χ3v) is 4.88. The van der Waals surface area contributed by atoms with Gasteiger partial charge >= 0.3 is 0 Å². The molecule has 0 spiro atoms. The number of carbonyl (C=O) groups excluding carboxylic acids is 1. The first-order valence-corrected chi connectivity index (χ1v) is 9.01. The van der Waals surface area contributed by atoms with Crippen molar-refractivity contribution in [2.24, 2.45) is 0 Å². The van der Waals surface area contributed by atoms with Crippen LogP contribution in [0.3, 0.4) is 0 Å². The molecule has 0 saturated carbocycles. The van der Waals surface area contributed by atoms with Gasteiger partial charge < -0.3 is 14.5 Å². The Bertz CT molecular complexity index is 712. The van der Waals surface area contributed by atoms with Gasteiger partial charge in [-0.2, -0.15) is 5.10 Å². The minimum atomic E-state index is -0.117. The third kappa shape index (κ3) is 4.15. The highest BCUT2D eigenvalue weighted by Gasteiger charge is 2.35. The molecule has 1 fully saturated rings. The second-order valence-corrected chi connectivity index (χ2v) is 7.24. The number of hydrogen-bond donors (Lipinski definition) is 0. The van der Waals surface area contributed by atoms with Crippen molar-refractivity contribution in [3.8, 4) is 5.75 Å². The van der Waals surface area contributed by atoms with Crippen LogP contribution < -0.4 is 9.64 Å². The first-order chi connectivity index (χ1) is 12.5. The minimum absolute atomic E-state index is 0.117. The minimum Gasteiger partial charge on any atom is -0.497 e. The molecule has 140 valence electrons. The zero-order valence-corrected chi connectivity index (χ0v) is 15.8. The molecule has 1 aromatic carbocycles. The molecule has 1 aliphatic rings. The number of ether oxygens (including phenoxy) is 1. The van der Waals surface area contributed by atoms with E-state index in [-0.39, 0.29) is 11.4 Å². The topological polar surface area (TPSA) is 63.5 Å².